The molecule has 0 unspecified atom stereocenters. The lowest BCUT2D eigenvalue weighted by molar-refractivity contribution is 0.185. The summed E-state index contributed by atoms with van der Waals surface area (Å²) in [4.78, 5) is 2.27. The van der Waals surface area contributed by atoms with E-state index in [1.165, 1.54) is 5.70 Å². The highest BCUT2D eigenvalue weighted by atomic mass is 16.5. The molecule has 0 rings (SSSR count). The van der Waals surface area contributed by atoms with Crippen molar-refractivity contribution in [2.45, 2.75) is 13.8 Å². The van der Waals surface area contributed by atoms with E-state index in [-0.39, 0.29) is 0 Å². The molecule has 0 aromatic heterocycles. The second-order valence-corrected chi connectivity index (χ2v) is 2.76. The van der Waals surface area contributed by atoms with Crippen LogP contribution in [0.3, 0.4) is 0 Å². The standard InChI is InChI=1S/C10H21NO2/c1-5-11(6-2)10(9-13-4)7-8-12-3/h7H,5-6,8-9H2,1-4H3. The van der Waals surface area contributed by atoms with Crippen molar-refractivity contribution in [1.82, 2.24) is 4.90 Å². The molecule has 0 aromatic carbocycles. The number of nitrogens with zero attached hydrogens (tertiary/aromatic N) is 1. The van der Waals surface area contributed by atoms with Crippen molar-refractivity contribution >= 4 is 0 Å². The van der Waals surface area contributed by atoms with Gasteiger partial charge in [-0.3, -0.25) is 0 Å². The van der Waals surface area contributed by atoms with Crippen LogP contribution in [0.4, 0.5) is 0 Å². The van der Waals surface area contributed by atoms with E-state index in [9.17, 15) is 0 Å². The Morgan fingerprint density at radius 1 is 1.15 bits per heavy atom. The molecule has 0 aliphatic rings. The van der Waals surface area contributed by atoms with Crippen LogP contribution >= 0.6 is 0 Å². The first-order valence-corrected chi connectivity index (χ1v) is 4.71. The molecule has 0 bridgehead atoms. The highest BCUT2D eigenvalue weighted by Crippen LogP contribution is 2.03. The molecule has 13 heavy (non-hydrogen) atoms. The Labute approximate surface area is 81.3 Å². The molecule has 0 saturated carbocycles. The minimum atomic E-state index is 0.648. The molecule has 0 aromatic rings. The lowest BCUT2D eigenvalue weighted by Gasteiger charge is -2.24. The molecule has 0 N–H and O–H groups in total. The molecule has 0 aliphatic carbocycles. The van der Waals surface area contributed by atoms with Crippen LogP contribution in [0, 0.1) is 0 Å². The van der Waals surface area contributed by atoms with Gasteiger partial charge in [-0.2, -0.15) is 0 Å². The van der Waals surface area contributed by atoms with Crippen molar-refractivity contribution < 1.29 is 9.47 Å². The van der Waals surface area contributed by atoms with Crippen LogP contribution < -0.4 is 0 Å². The summed E-state index contributed by atoms with van der Waals surface area (Å²) >= 11 is 0. The van der Waals surface area contributed by atoms with E-state index in [4.69, 9.17) is 9.47 Å². The molecule has 78 valence electrons. The summed E-state index contributed by atoms with van der Waals surface area (Å²) in [6.07, 6.45) is 2.07. The van der Waals surface area contributed by atoms with E-state index in [2.05, 4.69) is 24.8 Å². The third-order valence-corrected chi connectivity index (χ3v) is 1.95. The van der Waals surface area contributed by atoms with E-state index in [1.54, 1.807) is 14.2 Å². The average molecular weight is 187 g/mol. The minimum Gasteiger partial charge on any atom is -0.381 e. The van der Waals surface area contributed by atoms with Gasteiger partial charge in [0.1, 0.15) is 0 Å². The van der Waals surface area contributed by atoms with Crippen LogP contribution in [-0.2, 0) is 9.47 Å². The fraction of sp³-hybridized carbons (Fsp3) is 0.800. The van der Waals surface area contributed by atoms with Gasteiger partial charge in [0.25, 0.3) is 0 Å². The Balaban J connectivity index is 4.19. The Morgan fingerprint density at radius 2 is 1.77 bits per heavy atom. The van der Waals surface area contributed by atoms with E-state index in [0.717, 1.165) is 13.1 Å². The highest BCUT2D eigenvalue weighted by Gasteiger charge is 2.03. The SMILES string of the molecule is CCN(CC)C(=CCOC)COC. The van der Waals surface area contributed by atoms with Gasteiger partial charge in [-0.25, -0.2) is 0 Å². The zero-order valence-electron chi connectivity index (χ0n) is 9.17. The zero-order valence-corrected chi connectivity index (χ0v) is 9.17. The van der Waals surface area contributed by atoms with Crippen LogP contribution in [0.25, 0.3) is 0 Å². The van der Waals surface area contributed by atoms with Crippen molar-refractivity contribution in [3.63, 3.8) is 0 Å². The molecule has 3 heteroatoms. The number of likely N-dealkylation sites (N-methyl/N-ethyl adjacent to an activating group) is 1. The first kappa shape index (κ1) is 12.5. The average Bonchev–Trinajstić information content (AvgIpc) is 2.16. The van der Waals surface area contributed by atoms with Gasteiger partial charge < -0.3 is 14.4 Å². The van der Waals surface area contributed by atoms with Gasteiger partial charge in [-0.15, -0.1) is 0 Å². The monoisotopic (exact) mass is 187 g/mol. The van der Waals surface area contributed by atoms with Crippen molar-refractivity contribution in [3.05, 3.63) is 11.8 Å². The van der Waals surface area contributed by atoms with Gasteiger partial charge in [-0.05, 0) is 19.9 Å². The predicted octanol–water partition coefficient (Wildman–Crippen LogP) is 1.50. The first-order chi connectivity index (χ1) is 6.29. The van der Waals surface area contributed by atoms with E-state index >= 15 is 0 Å². The number of rotatable bonds is 7. The van der Waals surface area contributed by atoms with Crippen LogP contribution in [0.1, 0.15) is 13.8 Å². The second-order valence-electron chi connectivity index (χ2n) is 2.76. The van der Waals surface area contributed by atoms with Crippen LogP contribution in [0.15, 0.2) is 11.8 Å². The van der Waals surface area contributed by atoms with Gasteiger partial charge in [0.15, 0.2) is 0 Å². The molecule has 3 nitrogen and oxygen atoms in total. The molecule has 0 saturated heterocycles. The lowest BCUT2D eigenvalue weighted by atomic mass is 10.3. The van der Waals surface area contributed by atoms with E-state index in [0.29, 0.717) is 13.2 Å². The Hall–Kier alpha value is -0.540. The largest absolute Gasteiger partial charge is 0.381 e. The molecular weight excluding hydrogens is 166 g/mol. The second kappa shape index (κ2) is 8.08. The fourth-order valence-electron chi connectivity index (χ4n) is 1.24. The molecule has 0 amide bonds. The van der Waals surface area contributed by atoms with Crippen molar-refractivity contribution in [2.75, 3.05) is 40.5 Å². The molecule has 0 heterocycles. The maximum Gasteiger partial charge on any atom is 0.0858 e. The van der Waals surface area contributed by atoms with E-state index < -0.39 is 0 Å². The third kappa shape index (κ3) is 4.90. The minimum absolute atomic E-state index is 0.648. The number of ether oxygens (including phenoxy) is 2. The van der Waals surface area contributed by atoms with Crippen molar-refractivity contribution in [1.29, 1.82) is 0 Å². The van der Waals surface area contributed by atoms with Crippen LogP contribution in [-0.4, -0.2) is 45.4 Å². The summed E-state index contributed by atoms with van der Waals surface area (Å²) in [7, 11) is 3.41. The number of methoxy groups -OCH3 is 2. The molecular formula is C10H21NO2. The van der Waals surface area contributed by atoms with Gasteiger partial charge in [-0.1, -0.05) is 0 Å². The summed E-state index contributed by atoms with van der Waals surface area (Å²) < 4.78 is 10.1. The first-order valence-electron chi connectivity index (χ1n) is 4.71. The normalized spacial score (nSPS) is 11.8. The summed E-state index contributed by atoms with van der Waals surface area (Å²) in [5.74, 6) is 0. The molecule has 0 aliphatic heterocycles. The van der Waals surface area contributed by atoms with Crippen LogP contribution in [0.2, 0.25) is 0 Å². The van der Waals surface area contributed by atoms with Gasteiger partial charge in [0.2, 0.25) is 0 Å². The predicted molar refractivity (Wildman–Crippen MR) is 54.8 cm³/mol. The number of hydrogen-bond donors (Lipinski definition) is 0. The van der Waals surface area contributed by atoms with Crippen molar-refractivity contribution in [3.8, 4) is 0 Å². The number of hydrogen-bond acceptors (Lipinski definition) is 3. The van der Waals surface area contributed by atoms with Gasteiger partial charge in [0.05, 0.1) is 13.2 Å². The molecule has 0 fully saturated rings. The fourth-order valence-corrected chi connectivity index (χ4v) is 1.24. The molecule has 0 radical (unpaired) electrons. The quantitative estimate of drug-likeness (QED) is 0.603. The third-order valence-electron chi connectivity index (χ3n) is 1.95. The summed E-state index contributed by atoms with van der Waals surface area (Å²) in [6, 6.07) is 0. The van der Waals surface area contributed by atoms with Gasteiger partial charge >= 0.3 is 0 Å². The lowest BCUT2D eigenvalue weighted by Crippen LogP contribution is -2.25. The molecule has 0 atom stereocenters. The Bertz CT molecular complexity index is 142. The van der Waals surface area contributed by atoms with E-state index in [1.807, 2.05) is 0 Å². The topological polar surface area (TPSA) is 21.7 Å². The van der Waals surface area contributed by atoms with Gasteiger partial charge in [0, 0.05) is 33.0 Å². The Morgan fingerprint density at radius 3 is 2.15 bits per heavy atom. The smallest absolute Gasteiger partial charge is 0.0858 e. The van der Waals surface area contributed by atoms with Crippen LogP contribution in [0.5, 0.6) is 0 Å². The Kier molecular flexibility index (Phi) is 7.74. The zero-order chi connectivity index (χ0) is 10.1. The summed E-state index contributed by atoms with van der Waals surface area (Å²) in [6.45, 7) is 7.60. The van der Waals surface area contributed by atoms with Crippen molar-refractivity contribution in [2.24, 2.45) is 0 Å². The maximum absolute atomic E-state index is 5.12. The maximum atomic E-state index is 5.12. The highest BCUT2D eigenvalue weighted by molar-refractivity contribution is 5.01. The summed E-state index contributed by atoms with van der Waals surface area (Å²) in [5, 5.41) is 0. The summed E-state index contributed by atoms with van der Waals surface area (Å²) in [5.41, 5.74) is 1.20. The molecule has 0 spiro atoms.